The van der Waals surface area contributed by atoms with Gasteiger partial charge in [-0.25, -0.2) is 0 Å². The van der Waals surface area contributed by atoms with Crippen molar-refractivity contribution in [1.82, 2.24) is 4.90 Å². The largest absolute Gasteiger partial charge is 0.329 e. The van der Waals surface area contributed by atoms with E-state index in [1.165, 1.54) is 15.3 Å². The maximum absolute atomic E-state index is 5.93. The van der Waals surface area contributed by atoms with Gasteiger partial charge in [-0.05, 0) is 42.4 Å². The van der Waals surface area contributed by atoms with Crippen molar-refractivity contribution in [2.75, 3.05) is 13.6 Å². The van der Waals surface area contributed by atoms with Crippen molar-refractivity contribution < 1.29 is 0 Å². The highest BCUT2D eigenvalue weighted by Gasteiger charge is 2.18. The normalized spacial score (nSPS) is 13.2. The summed E-state index contributed by atoms with van der Waals surface area (Å²) in [5.74, 6) is 0. The molecule has 1 unspecified atom stereocenters. The SMILES string of the molecule is Cc1ccsc1C(CN)N(C)Cc1cccs1. The van der Waals surface area contributed by atoms with Gasteiger partial charge in [0.1, 0.15) is 0 Å². The van der Waals surface area contributed by atoms with Crippen LogP contribution < -0.4 is 5.73 Å². The van der Waals surface area contributed by atoms with Crippen LogP contribution in [-0.2, 0) is 6.54 Å². The molecule has 2 rings (SSSR count). The van der Waals surface area contributed by atoms with Gasteiger partial charge in [0.2, 0.25) is 0 Å². The minimum Gasteiger partial charge on any atom is -0.329 e. The molecule has 0 spiro atoms. The fourth-order valence-electron chi connectivity index (χ4n) is 1.97. The van der Waals surface area contributed by atoms with Crippen LogP contribution in [0.25, 0.3) is 0 Å². The molecule has 4 heteroatoms. The second kappa shape index (κ2) is 5.78. The lowest BCUT2D eigenvalue weighted by Gasteiger charge is -2.26. The third-order valence-electron chi connectivity index (χ3n) is 2.95. The van der Waals surface area contributed by atoms with Crippen molar-refractivity contribution in [3.05, 3.63) is 44.3 Å². The van der Waals surface area contributed by atoms with Gasteiger partial charge in [-0.1, -0.05) is 6.07 Å². The quantitative estimate of drug-likeness (QED) is 0.900. The summed E-state index contributed by atoms with van der Waals surface area (Å²) in [5.41, 5.74) is 7.28. The first-order chi connectivity index (χ1) is 8.22. The predicted octanol–water partition coefficient (Wildman–Crippen LogP) is 3.25. The van der Waals surface area contributed by atoms with Gasteiger partial charge in [0.15, 0.2) is 0 Å². The molecule has 92 valence electrons. The average Bonchev–Trinajstić information content (AvgIpc) is 2.92. The Morgan fingerprint density at radius 1 is 1.29 bits per heavy atom. The Morgan fingerprint density at radius 2 is 2.12 bits per heavy atom. The summed E-state index contributed by atoms with van der Waals surface area (Å²) in [5, 5.41) is 4.27. The van der Waals surface area contributed by atoms with E-state index in [9.17, 15) is 0 Å². The van der Waals surface area contributed by atoms with Gasteiger partial charge in [-0.15, -0.1) is 22.7 Å². The number of thiophene rings is 2. The zero-order valence-electron chi connectivity index (χ0n) is 10.2. The number of hydrogen-bond donors (Lipinski definition) is 1. The second-order valence-corrected chi connectivity index (χ2v) is 6.19. The number of likely N-dealkylation sites (N-methyl/N-ethyl adjacent to an activating group) is 1. The molecule has 0 aliphatic rings. The number of aryl methyl sites for hydroxylation is 1. The van der Waals surface area contributed by atoms with Crippen molar-refractivity contribution >= 4 is 22.7 Å². The molecule has 0 saturated carbocycles. The molecule has 0 radical (unpaired) electrons. The molecule has 0 aliphatic carbocycles. The summed E-state index contributed by atoms with van der Waals surface area (Å²) in [6.07, 6.45) is 0. The van der Waals surface area contributed by atoms with Crippen LogP contribution in [-0.4, -0.2) is 18.5 Å². The topological polar surface area (TPSA) is 29.3 Å². The third-order valence-corrected chi connectivity index (χ3v) is 4.93. The minimum atomic E-state index is 0.331. The van der Waals surface area contributed by atoms with Crippen molar-refractivity contribution in [2.24, 2.45) is 5.73 Å². The van der Waals surface area contributed by atoms with Crippen molar-refractivity contribution in [3.63, 3.8) is 0 Å². The van der Waals surface area contributed by atoms with Gasteiger partial charge in [0, 0.05) is 22.8 Å². The molecule has 0 fully saturated rings. The molecule has 2 aromatic heterocycles. The molecule has 17 heavy (non-hydrogen) atoms. The summed E-state index contributed by atoms with van der Waals surface area (Å²) < 4.78 is 0. The fourth-order valence-corrected chi connectivity index (χ4v) is 3.84. The molecular weight excluding hydrogens is 248 g/mol. The second-order valence-electron chi connectivity index (χ2n) is 4.21. The van der Waals surface area contributed by atoms with Gasteiger partial charge in [-0.3, -0.25) is 4.90 Å². The Balaban J connectivity index is 2.11. The van der Waals surface area contributed by atoms with Gasteiger partial charge in [0.05, 0.1) is 6.04 Å². The van der Waals surface area contributed by atoms with Crippen LogP contribution in [0.4, 0.5) is 0 Å². The van der Waals surface area contributed by atoms with E-state index in [2.05, 4.69) is 47.8 Å². The number of rotatable bonds is 5. The fraction of sp³-hybridized carbons (Fsp3) is 0.385. The van der Waals surface area contributed by atoms with E-state index in [1.807, 2.05) is 0 Å². The van der Waals surface area contributed by atoms with E-state index < -0.39 is 0 Å². The van der Waals surface area contributed by atoms with Crippen molar-refractivity contribution in [2.45, 2.75) is 19.5 Å². The maximum Gasteiger partial charge on any atom is 0.0567 e. The molecule has 0 bridgehead atoms. The Morgan fingerprint density at radius 3 is 2.65 bits per heavy atom. The first kappa shape index (κ1) is 12.8. The van der Waals surface area contributed by atoms with Crippen LogP contribution in [0.1, 0.15) is 21.4 Å². The Kier molecular flexibility index (Phi) is 4.34. The van der Waals surface area contributed by atoms with E-state index >= 15 is 0 Å². The predicted molar refractivity (Wildman–Crippen MR) is 76.6 cm³/mol. The molecule has 0 amide bonds. The Hall–Kier alpha value is -0.680. The third kappa shape index (κ3) is 2.96. The van der Waals surface area contributed by atoms with Crippen LogP contribution in [0.15, 0.2) is 29.0 Å². The van der Waals surface area contributed by atoms with Crippen LogP contribution in [0, 0.1) is 6.92 Å². The van der Waals surface area contributed by atoms with Gasteiger partial charge < -0.3 is 5.73 Å². The van der Waals surface area contributed by atoms with E-state index in [1.54, 1.807) is 22.7 Å². The van der Waals surface area contributed by atoms with E-state index in [0.29, 0.717) is 12.6 Å². The highest BCUT2D eigenvalue weighted by Crippen LogP contribution is 2.28. The lowest BCUT2D eigenvalue weighted by atomic mass is 10.1. The smallest absolute Gasteiger partial charge is 0.0567 e. The summed E-state index contributed by atoms with van der Waals surface area (Å²) in [6.45, 7) is 3.80. The van der Waals surface area contributed by atoms with Crippen LogP contribution in [0.2, 0.25) is 0 Å². The van der Waals surface area contributed by atoms with Gasteiger partial charge in [-0.2, -0.15) is 0 Å². The van der Waals surface area contributed by atoms with Gasteiger partial charge >= 0.3 is 0 Å². The molecule has 1 atom stereocenters. The number of nitrogens with zero attached hydrogens (tertiary/aromatic N) is 1. The summed E-state index contributed by atoms with van der Waals surface area (Å²) >= 11 is 3.61. The van der Waals surface area contributed by atoms with Gasteiger partial charge in [0.25, 0.3) is 0 Å². The molecule has 0 saturated heterocycles. The lowest BCUT2D eigenvalue weighted by molar-refractivity contribution is 0.246. The average molecular weight is 266 g/mol. The number of hydrogen-bond acceptors (Lipinski definition) is 4. The summed E-state index contributed by atoms with van der Waals surface area (Å²) in [6, 6.07) is 6.77. The highest BCUT2D eigenvalue weighted by molar-refractivity contribution is 7.10. The lowest BCUT2D eigenvalue weighted by Crippen LogP contribution is -2.29. The van der Waals surface area contributed by atoms with E-state index in [-0.39, 0.29) is 0 Å². The summed E-state index contributed by atoms with van der Waals surface area (Å²) in [4.78, 5) is 5.12. The molecule has 2 nitrogen and oxygen atoms in total. The van der Waals surface area contributed by atoms with Crippen LogP contribution >= 0.6 is 22.7 Å². The molecule has 0 aliphatic heterocycles. The Bertz CT molecular complexity index is 448. The zero-order valence-corrected chi connectivity index (χ0v) is 11.9. The molecular formula is C13H18N2S2. The monoisotopic (exact) mass is 266 g/mol. The standard InChI is InChI=1S/C13H18N2S2/c1-10-5-7-17-13(10)12(8-14)15(2)9-11-4-3-6-16-11/h3-7,12H,8-9,14H2,1-2H3. The highest BCUT2D eigenvalue weighted by atomic mass is 32.1. The zero-order chi connectivity index (χ0) is 12.3. The molecule has 0 aromatic carbocycles. The Labute approximate surface area is 111 Å². The van der Waals surface area contributed by atoms with E-state index in [4.69, 9.17) is 5.73 Å². The molecule has 2 N–H and O–H groups in total. The van der Waals surface area contributed by atoms with Crippen LogP contribution in [0.5, 0.6) is 0 Å². The molecule has 2 aromatic rings. The molecule has 2 heterocycles. The first-order valence-electron chi connectivity index (χ1n) is 5.69. The summed E-state index contributed by atoms with van der Waals surface area (Å²) in [7, 11) is 2.15. The van der Waals surface area contributed by atoms with Crippen molar-refractivity contribution in [1.29, 1.82) is 0 Å². The maximum atomic E-state index is 5.93. The van der Waals surface area contributed by atoms with Crippen LogP contribution in [0.3, 0.4) is 0 Å². The number of nitrogens with two attached hydrogens (primary N) is 1. The minimum absolute atomic E-state index is 0.331. The van der Waals surface area contributed by atoms with Crippen molar-refractivity contribution in [3.8, 4) is 0 Å². The first-order valence-corrected chi connectivity index (χ1v) is 7.45. The van der Waals surface area contributed by atoms with E-state index in [0.717, 1.165) is 6.54 Å².